The van der Waals surface area contributed by atoms with Crippen LogP contribution < -0.4 is 0 Å². The lowest BCUT2D eigenvalue weighted by Gasteiger charge is -2.11. The number of hydrogen-bond acceptors (Lipinski definition) is 3. The molecule has 4 nitrogen and oxygen atoms in total. The largest absolute Gasteiger partial charge is 0.269 e. The van der Waals surface area contributed by atoms with Gasteiger partial charge in [-0.25, -0.2) is 17.4 Å². The smallest absolute Gasteiger partial charge is 0.232 e. The van der Waals surface area contributed by atoms with E-state index in [9.17, 15) is 8.42 Å². The molecule has 0 saturated carbocycles. The fourth-order valence-electron chi connectivity index (χ4n) is 3.20. The first-order valence-electron chi connectivity index (χ1n) is 8.88. The fraction of sp³-hybridized carbons (Fsp3) is 0.136. The van der Waals surface area contributed by atoms with Crippen molar-refractivity contribution in [3.05, 3.63) is 95.8 Å². The van der Waals surface area contributed by atoms with E-state index in [0.717, 1.165) is 17.5 Å². The zero-order chi connectivity index (χ0) is 18.9. The van der Waals surface area contributed by atoms with E-state index >= 15 is 0 Å². The molecule has 0 saturated heterocycles. The monoisotopic (exact) mass is 376 g/mol. The summed E-state index contributed by atoms with van der Waals surface area (Å²) in [6, 6.07) is 24.3. The Morgan fingerprint density at radius 2 is 1.48 bits per heavy atom. The summed E-state index contributed by atoms with van der Waals surface area (Å²) in [6.45, 7) is 1.94. The van der Waals surface area contributed by atoms with E-state index in [1.54, 1.807) is 18.2 Å². The van der Waals surface area contributed by atoms with Gasteiger partial charge in [-0.1, -0.05) is 60.2 Å². The van der Waals surface area contributed by atoms with Crippen molar-refractivity contribution in [3.8, 4) is 0 Å². The molecule has 0 aliphatic rings. The van der Waals surface area contributed by atoms with Crippen LogP contribution in [0.1, 0.15) is 17.0 Å². The van der Waals surface area contributed by atoms with Crippen molar-refractivity contribution >= 4 is 21.1 Å². The molecule has 0 atom stereocenters. The highest BCUT2D eigenvalue weighted by molar-refractivity contribution is 7.90. The molecule has 0 spiro atoms. The van der Waals surface area contributed by atoms with Crippen LogP contribution in [0.3, 0.4) is 0 Å². The second-order valence-corrected chi connectivity index (χ2v) is 8.37. The van der Waals surface area contributed by atoms with Crippen LogP contribution in [-0.2, 0) is 22.9 Å². The number of para-hydroxylation sites is 2. The molecule has 1 heterocycles. The minimum Gasteiger partial charge on any atom is -0.232 e. The van der Waals surface area contributed by atoms with Gasteiger partial charge < -0.3 is 0 Å². The van der Waals surface area contributed by atoms with Crippen molar-refractivity contribution in [2.24, 2.45) is 0 Å². The number of imidazole rings is 1. The van der Waals surface area contributed by atoms with Crippen molar-refractivity contribution in [1.29, 1.82) is 0 Å². The summed E-state index contributed by atoms with van der Waals surface area (Å²) in [5.74, 6) is 0.556. The van der Waals surface area contributed by atoms with Gasteiger partial charge in [-0.2, -0.15) is 0 Å². The summed E-state index contributed by atoms with van der Waals surface area (Å²) >= 11 is 0. The van der Waals surface area contributed by atoms with Crippen molar-refractivity contribution < 1.29 is 8.42 Å². The lowest BCUT2D eigenvalue weighted by molar-refractivity contribution is 0.585. The summed E-state index contributed by atoms with van der Waals surface area (Å²) < 4.78 is 28.1. The molecule has 136 valence electrons. The van der Waals surface area contributed by atoms with E-state index in [2.05, 4.69) is 4.98 Å². The number of benzene rings is 3. The zero-order valence-corrected chi connectivity index (χ0v) is 15.9. The molecular weight excluding hydrogens is 356 g/mol. The Morgan fingerprint density at radius 1 is 0.815 bits per heavy atom. The summed E-state index contributed by atoms with van der Waals surface area (Å²) in [6.07, 6.45) is 1.28. The highest BCUT2D eigenvalue weighted by Gasteiger charge is 2.23. The Kier molecular flexibility index (Phi) is 4.54. The van der Waals surface area contributed by atoms with Crippen LogP contribution in [-0.4, -0.2) is 17.4 Å². The third-order valence-electron chi connectivity index (χ3n) is 4.62. The average molecular weight is 376 g/mol. The number of hydrogen-bond donors (Lipinski definition) is 0. The lowest BCUT2D eigenvalue weighted by atomic mass is 10.1. The van der Waals surface area contributed by atoms with Crippen LogP contribution in [0.15, 0.2) is 83.8 Å². The first-order chi connectivity index (χ1) is 13.1. The van der Waals surface area contributed by atoms with E-state index in [4.69, 9.17) is 0 Å². The van der Waals surface area contributed by atoms with Gasteiger partial charge in [0.2, 0.25) is 0 Å². The van der Waals surface area contributed by atoms with Crippen LogP contribution >= 0.6 is 0 Å². The predicted molar refractivity (Wildman–Crippen MR) is 107 cm³/mol. The maximum Gasteiger partial charge on any atom is 0.269 e. The summed E-state index contributed by atoms with van der Waals surface area (Å²) in [4.78, 5) is 4.90. The Hall–Kier alpha value is -2.92. The summed E-state index contributed by atoms with van der Waals surface area (Å²) in [7, 11) is -3.72. The zero-order valence-electron chi connectivity index (χ0n) is 15.0. The molecule has 5 heteroatoms. The van der Waals surface area contributed by atoms with Gasteiger partial charge in [0.25, 0.3) is 10.0 Å². The van der Waals surface area contributed by atoms with Gasteiger partial charge in [0, 0.05) is 6.42 Å². The third kappa shape index (κ3) is 3.38. The Morgan fingerprint density at radius 3 is 2.22 bits per heavy atom. The van der Waals surface area contributed by atoms with E-state index in [1.807, 2.05) is 67.6 Å². The highest BCUT2D eigenvalue weighted by atomic mass is 32.2. The molecule has 0 bridgehead atoms. The molecule has 0 fully saturated rings. The van der Waals surface area contributed by atoms with Crippen molar-refractivity contribution in [3.63, 3.8) is 0 Å². The number of fused-ring (bicyclic) bond motifs is 1. The van der Waals surface area contributed by atoms with Crippen LogP contribution in [0.5, 0.6) is 0 Å². The maximum atomic E-state index is 13.4. The predicted octanol–water partition coefficient (Wildman–Crippen LogP) is 4.37. The first kappa shape index (κ1) is 17.5. The third-order valence-corrected chi connectivity index (χ3v) is 6.38. The van der Waals surface area contributed by atoms with Crippen LogP contribution in [0.4, 0.5) is 0 Å². The van der Waals surface area contributed by atoms with Crippen LogP contribution in [0.25, 0.3) is 11.0 Å². The second kappa shape index (κ2) is 7.00. The molecule has 27 heavy (non-hydrogen) atoms. The molecule has 3 aromatic carbocycles. The molecule has 4 rings (SSSR count). The fourth-order valence-corrected chi connectivity index (χ4v) is 4.71. The molecule has 0 aliphatic carbocycles. The van der Waals surface area contributed by atoms with Crippen LogP contribution in [0, 0.1) is 6.92 Å². The summed E-state index contributed by atoms with van der Waals surface area (Å²) in [5, 5.41) is 0. The number of aromatic nitrogens is 2. The average Bonchev–Trinajstić information content (AvgIpc) is 3.07. The highest BCUT2D eigenvalue weighted by Crippen LogP contribution is 2.24. The maximum absolute atomic E-state index is 13.4. The lowest BCUT2D eigenvalue weighted by Crippen LogP contribution is -2.16. The molecule has 0 N–H and O–H groups in total. The normalized spacial score (nSPS) is 11.7. The second-order valence-electron chi connectivity index (χ2n) is 6.58. The van der Waals surface area contributed by atoms with Gasteiger partial charge in [0.05, 0.1) is 15.9 Å². The van der Waals surface area contributed by atoms with Crippen molar-refractivity contribution in [2.75, 3.05) is 0 Å². The molecule has 1 aromatic heterocycles. The molecule has 0 aliphatic heterocycles. The Balaban J connectivity index is 1.81. The number of nitrogens with zero attached hydrogens (tertiary/aromatic N) is 2. The van der Waals surface area contributed by atoms with Crippen molar-refractivity contribution in [1.82, 2.24) is 8.96 Å². The molecular formula is C22H20N2O2S. The SMILES string of the molecule is Cc1ccc(S(=O)(=O)n2c(CCc3ccccc3)nc3ccccc32)cc1. The Labute approximate surface area is 159 Å². The van der Waals surface area contributed by atoms with E-state index < -0.39 is 10.0 Å². The minimum absolute atomic E-state index is 0.275. The molecule has 0 radical (unpaired) electrons. The Bertz CT molecular complexity index is 1180. The topological polar surface area (TPSA) is 52.0 Å². The van der Waals surface area contributed by atoms with E-state index in [1.165, 1.54) is 3.97 Å². The van der Waals surface area contributed by atoms with Gasteiger partial charge in [-0.05, 0) is 43.2 Å². The number of aryl methyl sites for hydroxylation is 3. The minimum atomic E-state index is -3.72. The van der Waals surface area contributed by atoms with E-state index in [0.29, 0.717) is 23.3 Å². The molecule has 0 amide bonds. The van der Waals surface area contributed by atoms with Crippen molar-refractivity contribution in [2.45, 2.75) is 24.7 Å². The van der Waals surface area contributed by atoms with Gasteiger partial charge in [-0.3, -0.25) is 0 Å². The molecule has 4 aromatic rings. The van der Waals surface area contributed by atoms with Gasteiger partial charge in [0.1, 0.15) is 5.82 Å². The standard InChI is InChI=1S/C22H20N2O2S/c1-17-11-14-19(15-12-17)27(25,26)24-21-10-6-5-9-20(21)23-22(24)16-13-18-7-3-2-4-8-18/h2-12,14-15H,13,16H2,1H3. The van der Waals surface area contributed by atoms with E-state index in [-0.39, 0.29) is 4.90 Å². The first-order valence-corrected chi connectivity index (χ1v) is 10.3. The van der Waals surface area contributed by atoms with Gasteiger partial charge in [0.15, 0.2) is 0 Å². The quantitative estimate of drug-likeness (QED) is 0.520. The summed E-state index contributed by atoms with van der Waals surface area (Å²) in [5.41, 5.74) is 3.48. The van der Waals surface area contributed by atoms with Gasteiger partial charge >= 0.3 is 0 Å². The number of rotatable bonds is 5. The van der Waals surface area contributed by atoms with Gasteiger partial charge in [-0.15, -0.1) is 0 Å². The van der Waals surface area contributed by atoms with Crippen LogP contribution in [0.2, 0.25) is 0 Å². The molecule has 0 unspecified atom stereocenters.